The minimum atomic E-state index is -0.809. The molecular weight excluding hydrogens is 408 g/mol. The second kappa shape index (κ2) is 10.6. The van der Waals surface area contributed by atoms with Crippen LogP contribution in [0.5, 0.6) is 0 Å². The molecule has 0 bridgehead atoms. The van der Waals surface area contributed by atoms with Crippen LogP contribution in [0.25, 0.3) is 0 Å². The summed E-state index contributed by atoms with van der Waals surface area (Å²) in [7, 11) is 0. The standard InChI is InChI=1S/C24H28N4O4/c25-22(26)18-6-8-19(9-7-18)23(31)27-15-20(17-4-2-1-3-5-17)24(32)28-12-10-16(11-13-28)14-21(29)30/h1-9,16,20H,10-15H2,(H3,25,26)(H,27,31)(H,29,30). The molecule has 168 valence electrons. The zero-order valence-corrected chi connectivity index (χ0v) is 17.8. The number of likely N-dealkylation sites (tertiary alicyclic amines) is 1. The summed E-state index contributed by atoms with van der Waals surface area (Å²) >= 11 is 0. The number of carboxylic acids is 1. The van der Waals surface area contributed by atoms with Crippen molar-refractivity contribution < 1.29 is 19.5 Å². The summed E-state index contributed by atoms with van der Waals surface area (Å²) in [5.41, 5.74) is 7.22. The number of nitrogens with zero attached hydrogens (tertiary/aromatic N) is 1. The van der Waals surface area contributed by atoms with E-state index in [9.17, 15) is 14.4 Å². The highest BCUT2D eigenvalue weighted by molar-refractivity contribution is 5.98. The minimum Gasteiger partial charge on any atom is -0.481 e. The van der Waals surface area contributed by atoms with Gasteiger partial charge in [-0.3, -0.25) is 19.8 Å². The number of nitrogen functional groups attached to an aromatic ring is 1. The van der Waals surface area contributed by atoms with Gasteiger partial charge in [0.1, 0.15) is 5.84 Å². The Morgan fingerprint density at radius 1 is 1.03 bits per heavy atom. The molecule has 0 aromatic heterocycles. The molecule has 1 heterocycles. The molecule has 3 rings (SSSR count). The number of hydrogen-bond donors (Lipinski definition) is 4. The number of hydrogen-bond acceptors (Lipinski definition) is 4. The summed E-state index contributed by atoms with van der Waals surface area (Å²) in [6.07, 6.45) is 1.45. The first-order valence-electron chi connectivity index (χ1n) is 10.6. The van der Waals surface area contributed by atoms with Crippen LogP contribution in [0.3, 0.4) is 0 Å². The molecule has 2 aromatic rings. The fourth-order valence-electron chi connectivity index (χ4n) is 3.96. The number of carbonyl (C=O) groups is 3. The number of carbonyl (C=O) groups excluding carboxylic acids is 2. The Morgan fingerprint density at radius 2 is 1.62 bits per heavy atom. The number of rotatable bonds is 8. The Balaban J connectivity index is 1.67. The first-order chi connectivity index (χ1) is 15.3. The number of nitrogens with two attached hydrogens (primary N) is 1. The quantitative estimate of drug-likeness (QED) is 0.371. The fourth-order valence-corrected chi connectivity index (χ4v) is 3.96. The fraction of sp³-hybridized carbons (Fsp3) is 0.333. The molecule has 1 saturated heterocycles. The van der Waals surface area contributed by atoms with Gasteiger partial charge >= 0.3 is 5.97 Å². The third kappa shape index (κ3) is 5.94. The van der Waals surface area contributed by atoms with Crippen molar-refractivity contribution in [2.75, 3.05) is 19.6 Å². The van der Waals surface area contributed by atoms with Crippen LogP contribution in [0.1, 0.15) is 46.7 Å². The van der Waals surface area contributed by atoms with Gasteiger partial charge in [0.05, 0.1) is 5.92 Å². The SMILES string of the molecule is N=C(N)c1ccc(C(=O)NCC(C(=O)N2CCC(CC(=O)O)CC2)c2ccccc2)cc1. The maximum absolute atomic E-state index is 13.3. The molecule has 0 radical (unpaired) electrons. The number of benzene rings is 2. The maximum Gasteiger partial charge on any atom is 0.303 e. The predicted octanol–water partition coefficient (Wildman–Crippen LogP) is 2.20. The Labute approximate surface area is 186 Å². The third-order valence-electron chi connectivity index (χ3n) is 5.81. The van der Waals surface area contributed by atoms with Crippen molar-refractivity contribution >= 4 is 23.6 Å². The van der Waals surface area contributed by atoms with E-state index in [4.69, 9.17) is 16.2 Å². The molecule has 0 aliphatic carbocycles. The van der Waals surface area contributed by atoms with Gasteiger partial charge in [-0.2, -0.15) is 0 Å². The molecule has 5 N–H and O–H groups in total. The molecule has 0 saturated carbocycles. The molecule has 1 aliphatic heterocycles. The summed E-state index contributed by atoms with van der Waals surface area (Å²) in [6, 6.07) is 15.7. The smallest absolute Gasteiger partial charge is 0.303 e. The average molecular weight is 437 g/mol. The van der Waals surface area contributed by atoms with Crippen LogP contribution in [0.2, 0.25) is 0 Å². The lowest BCUT2D eigenvalue weighted by atomic mass is 9.91. The number of piperidine rings is 1. The predicted molar refractivity (Wildman–Crippen MR) is 121 cm³/mol. The van der Waals surface area contributed by atoms with Crippen LogP contribution < -0.4 is 11.1 Å². The van der Waals surface area contributed by atoms with E-state index in [2.05, 4.69) is 5.32 Å². The van der Waals surface area contributed by atoms with Crippen molar-refractivity contribution in [2.24, 2.45) is 11.7 Å². The summed E-state index contributed by atoms with van der Waals surface area (Å²) in [5.74, 6) is -1.71. The van der Waals surface area contributed by atoms with Gasteiger partial charge in [0.25, 0.3) is 5.91 Å². The van der Waals surface area contributed by atoms with Gasteiger partial charge in [-0.05, 0) is 36.5 Å². The maximum atomic E-state index is 13.3. The zero-order valence-electron chi connectivity index (χ0n) is 17.8. The third-order valence-corrected chi connectivity index (χ3v) is 5.81. The summed E-state index contributed by atoms with van der Waals surface area (Å²) in [5, 5.41) is 19.3. The van der Waals surface area contributed by atoms with Crippen LogP contribution in [0.15, 0.2) is 54.6 Å². The number of nitrogens with one attached hydrogen (secondary N) is 2. The van der Waals surface area contributed by atoms with E-state index in [0.29, 0.717) is 37.1 Å². The van der Waals surface area contributed by atoms with E-state index in [1.54, 1.807) is 29.2 Å². The highest BCUT2D eigenvalue weighted by Crippen LogP contribution is 2.25. The molecule has 1 fully saturated rings. The molecule has 8 heteroatoms. The lowest BCUT2D eigenvalue weighted by Gasteiger charge is -2.34. The summed E-state index contributed by atoms with van der Waals surface area (Å²) in [4.78, 5) is 38.7. The normalized spacial score (nSPS) is 15.1. The second-order valence-electron chi connectivity index (χ2n) is 8.03. The summed E-state index contributed by atoms with van der Waals surface area (Å²) < 4.78 is 0. The number of carboxylic acid groups (broad SMARTS) is 1. The van der Waals surface area contributed by atoms with Crippen molar-refractivity contribution in [1.82, 2.24) is 10.2 Å². The van der Waals surface area contributed by atoms with Crippen LogP contribution in [0.4, 0.5) is 0 Å². The van der Waals surface area contributed by atoms with Crippen molar-refractivity contribution in [2.45, 2.75) is 25.2 Å². The molecule has 2 aromatic carbocycles. The Bertz CT molecular complexity index is 967. The minimum absolute atomic E-state index is 0.0705. The Kier molecular flexibility index (Phi) is 7.59. The van der Waals surface area contributed by atoms with Crippen molar-refractivity contribution in [3.8, 4) is 0 Å². The van der Waals surface area contributed by atoms with Crippen molar-refractivity contribution in [3.05, 3.63) is 71.3 Å². The van der Waals surface area contributed by atoms with Crippen LogP contribution in [0, 0.1) is 11.3 Å². The average Bonchev–Trinajstić information content (AvgIpc) is 2.80. The van der Waals surface area contributed by atoms with Gasteiger partial charge in [0.2, 0.25) is 5.91 Å². The van der Waals surface area contributed by atoms with E-state index in [1.165, 1.54) is 0 Å². The lowest BCUT2D eigenvalue weighted by Crippen LogP contribution is -2.44. The molecule has 8 nitrogen and oxygen atoms in total. The topological polar surface area (TPSA) is 137 Å². The van der Waals surface area contributed by atoms with E-state index < -0.39 is 11.9 Å². The van der Waals surface area contributed by atoms with Gasteiger partial charge in [-0.1, -0.05) is 42.5 Å². The lowest BCUT2D eigenvalue weighted by molar-refractivity contribution is -0.138. The van der Waals surface area contributed by atoms with Crippen LogP contribution in [-0.4, -0.2) is 53.3 Å². The van der Waals surface area contributed by atoms with E-state index in [-0.39, 0.29) is 36.5 Å². The highest BCUT2D eigenvalue weighted by atomic mass is 16.4. The largest absolute Gasteiger partial charge is 0.481 e. The van der Waals surface area contributed by atoms with Crippen LogP contribution >= 0.6 is 0 Å². The number of aliphatic carboxylic acids is 1. The van der Waals surface area contributed by atoms with Gasteiger partial charge < -0.3 is 21.1 Å². The first-order valence-corrected chi connectivity index (χ1v) is 10.6. The van der Waals surface area contributed by atoms with Gasteiger partial charge in [0, 0.05) is 37.2 Å². The van der Waals surface area contributed by atoms with E-state index in [1.807, 2.05) is 30.3 Å². The molecule has 1 unspecified atom stereocenters. The van der Waals surface area contributed by atoms with Crippen molar-refractivity contribution in [1.29, 1.82) is 5.41 Å². The van der Waals surface area contributed by atoms with E-state index in [0.717, 1.165) is 5.56 Å². The number of amides is 2. The van der Waals surface area contributed by atoms with Crippen molar-refractivity contribution in [3.63, 3.8) is 0 Å². The Morgan fingerprint density at radius 3 is 2.19 bits per heavy atom. The van der Waals surface area contributed by atoms with Gasteiger partial charge in [-0.25, -0.2) is 0 Å². The molecular formula is C24H28N4O4. The Hall–Kier alpha value is -3.68. The summed E-state index contributed by atoms with van der Waals surface area (Å²) in [6.45, 7) is 1.17. The monoisotopic (exact) mass is 436 g/mol. The molecule has 32 heavy (non-hydrogen) atoms. The number of amidine groups is 1. The molecule has 1 aliphatic rings. The zero-order chi connectivity index (χ0) is 23.1. The van der Waals surface area contributed by atoms with E-state index >= 15 is 0 Å². The molecule has 1 atom stereocenters. The second-order valence-corrected chi connectivity index (χ2v) is 8.03. The highest BCUT2D eigenvalue weighted by Gasteiger charge is 2.30. The molecule has 0 spiro atoms. The molecule has 2 amide bonds. The van der Waals surface area contributed by atoms with Gasteiger partial charge in [-0.15, -0.1) is 0 Å². The van der Waals surface area contributed by atoms with Gasteiger partial charge in [0.15, 0.2) is 0 Å². The van der Waals surface area contributed by atoms with Crippen LogP contribution in [-0.2, 0) is 9.59 Å². The first kappa shape index (κ1) is 23.0.